The smallest absolute Gasteiger partial charge is 0.137 e. The van der Waals surface area contributed by atoms with Crippen molar-refractivity contribution in [2.75, 3.05) is 0 Å². The minimum absolute atomic E-state index is 0.780. The predicted octanol–water partition coefficient (Wildman–Crippen LogP) is 3.92. The van der Waals surface area contributed by atoms with Crippen molar-refractivity contribution in [2.24, 2.45) is 5.92 Å². The maximum absolute atomic E-state index is 8.55. The Morgan fingerprint density at radius 3 is 3.05 bits per heavy atom. The van der Waals surface area contributed by atoms with Gasteiger partial charge in [-0.15, -0.1) is 0 Å². The molecule has 0 atom stereocenters. The second-order valence-corrected chi connectivity index (χ2v) is 5.64. The van der Waals surface area contributed by atoms with Gasteiger partial charge in [0.1, 0.15) is 5.65 Å². The van der Waals surface area contributed by atoms with Crippen LogP contribution in [0.25, 0.3) is 11.0 Å². The van der Waals surface area contributed by atoms with Gasteiger partial charge in [0.25, 0.3) is 0 Å². The Balaban J connectivity index is 1.82. The van der Waals surface area contributed by atoms with Gasteiger partial charge >= 0.3 is 0 Å². The van der Waals surface area contributed by atoms with Crippen LogP contribution in [0.3, 0.4) is 0 Å². The molecule has 2 heterocycles. The summed E-state index contributed by atoms with van der Waals surface area (Å²) in [6, 6.07) is 4.30. The van der Waals surface area contributed by atoms with Crippen molar-refractivity contribution in [2.45, 2.75) is 38.5 Å². The fourth-order valence-corrected chi connectivity index (χ4v) is 3.17. The van der Waals surface area contributed by atoms with Gasteiger partial charge in [-0.05, 0) is 36.0 Å². The molecule has 1 saturated carbocycles. The molecule has 1 aliphatic carbocycles. The lowest BCUT2D eigenvalue weighted by Crippen LogP contribution is -1.99. The molecule has 20 heavy (non-hydrogen) atoms. The van der Waals surface area contributed by atoms with E-state index in [1.165, 1.54) is 48.3 Å². The van der Waals surface area contributed by atoms with E-state index < -0.39 is 0 Å². The number of nitriles is 1. The Morgan fingerprint density at radius 1 is 1.40 bits per heavy atom. The second-order valence-electron chi connectivity index (χ2n) is 5.64. The number of nitrogens with zero attached hydrogens (tertiary/aromatic N) is 2. The standard InChI is InChI=1S/C17H19N3/c18-8-4-3-7-15-12-20-17-16(15)10-14(11-19-17)9-13-5-1-2-6-13/h3-4,10-13H,1-2,5-7,9H2,(H,19,20)/b4-3+. The summed E-state index contributed by atoms with van der Waals surface area (Å²) >= 11 is 0. The average Bonchev–Trinajstić information content (AvgIpc) is 3.09. The predicted molar refractivity (Wildman–Crippen MR) is 80.2 cm³/mol. The minimum atomic E-state index is 0.780. The quantitative estimate of drug-likeness (QED) is 0.852. The van der Waals surface area contributed by atoms with E-state index in [2.05, 4.69) is 16.0 Å². The summed E-state index contributed by atoms with van der Waals surface area (Å²) in [5, 5.41) is 9.75. The molecule has 0 spiro atoms. The highest BCUT2D eigenvalue weighted by Gasteiger charge is 2.16. The number of aromatic amines is 1. The summed E-state index contributed by atoms with van der Waals surface area (Å²) in [5.41, 5.74) is 3.50. The minimum Gasteiger partial charge on any atom is -0.346 e. The molecule has 1 N–H and O–H groups in total. The largest absolute Gasteiger partial charge is 0.346 e. The maximum atomic E-state index is 8.55. The van der Waals surface area contributed by atoms with Crippen LogP contribution in [0.4, 0.5) is 0 Å². The highest BCUT2D eigenvalue weighted by Crippen LogP contribution is 2.29. The number of pyridine rings is 1. The van der Waals surface area contributed by atoms with Crippen molar-refractivity contribution < 1.29 is 0 Å². The van der Waals surface area contributed by atoms with E-state index in [1.54, 1.807) is 0 Å². The van der Waals surface area contributed by atoms with Crippen LogP contribution >= 0.6 is 0 Å². The van der Waals surface area contributed by atoms with Gasteiger partial charge in [-0.25, -0.2) is 4.98 Å². The molecule has 3 rings (SSSR count). The molecule has 102 valence electrons. The van der Waals surface area contributed by atoms with Gasteiger partial charge in [-0.3, -0.25) is 0 Å². The van der Waals surface area contributed by atoms with Crippen molar-refractivity contribution in [3.63, 3.8) is 0 Å². The highest BCUT2D eigenvalue weighted by atomic mass is 14.8. The van der Waals surface area contributed by atoms with Crippen LogP contribution in [0, 0.1) is 17.2 Å². The average molecular weight is 265 g/mol. The van der Waals surface area contributed by atoms with Crippen LogP contribution in [-0.2, 0) is 12.8 Å². The van der Waals surface area contributed by atoms with Gasteiger partial charge in [0.15, 0.2) is 0 Å². The Hall–Kier alpha value is -2.08. The van der Waals surface area contributed by atoms with Crippen LogP contribution in [0.1, 0.15) is 36.8 Å². The van der Waals surface area contributed by atoms with E-state index in [0.29, 0.717) is 0 Å². The number of aromatic nitrogens is 2. The number of H-pyrrole nitrogens is 1. The Bertz CT molecular complexity index is 654. The highest BCUT2D eigenvalue weighted by molar-refractivity contribution is 5.80. The number of nitrogens with one attached hydrogen (secondary N) is 1. The van der Waals surface area contributed by atoms with Crippen molar-refractivity contribution >= 4 is 11.0 Å². The van der Waals surface area contributed by atoms with E-state index >= 15 is 0 Å². The van der Waals surface area contributed by atoms with Gasteiger partial charge in [0.05, 0.1) is 6.07 Å². The monoisotopic (exact) mass is 265 g/mol. The van der Waals surface area contributed by atoms with E-state index in [9.17, 15) is 0 Å². The number of hydrogen-bond donors (Lipinski definition) is 1. The van der Waals surface area contributed by atoms with Gasteiger partial charge in [0, 0.05) is 23.9 Å². The molecule has 1 aliphatic rings. The van der Waals surface area contributed by atoms with Crippen LogP contribution in [0.15, 0.2) is 30.6 Å². The zero-order valence-corrected chi connectivity index (χ0v) is 11.6. The lowest BCUT2D eigenvalue weighted by molar-refractivity contribution is 0.546. The van der Waals surface area contributed by atoms with Crippen molar-refractivity contribution in [3.05, 3.63) is 41.7 Å². The first-order valence-corrected chi connectivity index (χ1v) is 7.36. The first-order chi connectivity index (χ1) is 9.86. The molecule has 0 saturated heterocycles. The second kappa shape index (κ2) is 5.92. The molecule has 0 bridgehead atoms. The lowest BCUT2D eigenvalue weighted by Gasteiger charge is -2.08. The molecule has 2 aromatic heterocycles. The Morgan fingerprint density at radius 2 is 2.25 bits per heavy atom. The zero-order chi connectivity index (χ0) is 13.8. The van der Waals surface area contributed by atoms with E-state index in [4.69, 9.17) is 5.26 Å². The third-order valence-corrected chi connectivity index (χ3v) is 4.20. The summed E-state index contributed by atoms with van der Waals surface area (Å²) in [6.45, 7) is 0. The van der Waals surface area contributed by atoms with Gasteiger partial charge in [-0.1, -0.05) is 31.8 Å². The molecule has 2 aromatic rings. The normalized spacial score (nSPS) is 16.1. The first kappa shape index (κ1) is 12.9. The van der Waals surface area contributed by atoms with E-state index in [0.717, 1.165) is 24.4 Å². The summed E-state index contributed by atoms with van der Waals surface area (Å²) in [4.78, 5) is 7.74. The van der Waals surface area contributed by atoms with Gasteiger partial charge in [0.2, 0.25) is 0 Å². The third-order valence-electron chi connectivity index (χ3n) is 4.20. The molecule has 0 aliphatic heterocycles. The van der Waals surface area contributed by atoms with Crippen LogP contribution < -0.4 is 0 Å². The molecule has 3 heteroatoms. The van der Waals surface area contributed by atoms with Gasteiger partial charge in [-0.2, -0.15) is 5.26 Å². The molecule has 0 radical (unpaired) electrons. The van der Waals surface area contributed by atoms with Crippen molar-refractivity contribution in [3.8, 4) is 6.07 Å². The number of rotatable bonds is 4. The lowest BCUT2D eigenvalue weighted by atomic mass is 9.98. The zero-order valence-electron chi connectivity index (χ0n) is 11.6. The fraction of sp³-hybridized carbons (Fsp3) is 0.412. The molecule has 0 aromatic carbocycles. The van der Waals surface area contributed by atoms with Crippen molar-refractivity contribution in [1.82, 2.24) is 9.97 Å². The van der Waals surface area contributed by atoms with E-state index in [-0.39, 0.29) is 0 Å². The number of hydrogen-bond acceptors (Lipinski definition) is 2. The van der Waals surface area contributed by atoms with Crippen LogP contribution in [0.5, 0.6) is 0 Å². The summed E-state index contributed by atoms with van der Waals surface area (Å²) in [7, 11) is 0. The molecular weight excluding hydrogens is 246 g/mol. The van der Waals surface area contributed by atoms with Crippen LogP contribution in [0.2, 0.25) is 0 Å². The number of allylic oxidation sites excluding steroid dienone is 2. The van der Waals surface area contributed by atoms with E-state index in [1.807, 2.05) is 24.5 Å². The maximum Gasteiger partial charge on any atom is 0.137 e. The molecule has 1 fully saturated rings. The Kier molecular flexibility index (Phi) is 3.83. The SMILES string of the molecule is N#C/C=C/Cc1c[nH]c2ncc(CC3CCCC3)cc12. The van der Waals surface area contributed by atoms with Gasteiger partial charge < -0.3 is 4.98 Å². The molecule has 0 amide bonds. The van der Waals surface area contributed by atoms with Crippen molar-refractivity contribution in [1.29, 1.82) is 5.26 Å². The topological polar surface area (TPSA) is 52.5 Å². The summed E-state index contributed by atoms with van der Waals surface area (Å²) in [6.07, 6.45) is 14.9. The van der Waals surface area contributed by atoms with Crippen LogP contribution in [-0.4, -0.2) is 9.97 Å². The Labute approximate surface area is 119 Å². The molecule has 3 nitrogen and oxygen atoms in total. The molecular formula is C17H19N3. The third kappa shape index (κ3) is 2.75. The molecule has 0 unspecified atom stereocenters. The number of fused-ring (bicyclic) bond motifs is 1. The summed E-state index contributed by atoms with van der Waals surface area (Å²) < 4.78 is 0. The summed E-state index contributed by atoms with van der Waals surface area (Å²) in [5.74, 6) is 0.843. The fourth-order valence-electron chi connectivity index (χ4n) is 3.17. The first-order valence-electron chi connectivity index (χ1n) is 7.36.